The van der Waals surface area contributed by atoms with Crippen LogP contribution in [0, 0.1) is 18.8 Å². The van der Waals surface area contributed by atoms with Crippen molar-refractivity contribution in [1.29, 1.82) is 0 Å². The second-order valence-corrected chi connectivity index (χ2v) is 12.7. The summed E-state index contributed by atoms with van der Waals surface area (Å²) in [6.45, 7) is 9.30. The topological polar surface area (TPSA) is 148 Å². The van der Waals surface area contributed by atoms with Crippen LogP contribution in [0.2, 0.25) is 0 Å². The Morgan fingerprint density at radius 1 is 0.840 bits per heavy atom. The van der Waals surface area contributed by atoms with Crippen molar-refractivity contribution >= 4 is 11.9 Å². The van der Waals surface area contributed by atoms with Gasteiger partial charge in [-0.25, -0.2) is 4.79 Å². The maximum atomic E-state index is 13.7. The molecule has 2 heterocycles. The van der Waals surface area contributed by atoms with E-state index in [2.05, 4.69) is 10.0 Å². The van der Waals surface area contributed by atoms with Gasteiger partial charge in [-0.2, -0.15) is 0 Å². The fraction of sp³-hybridized carbons (Fsp3) is 0.474. The Balaban J connectivity index is 1.53. The molecule has 0 N–H and O–H groups in total. The molecule has 2 saturated heterocycles. The lowest BCUT2D eigenvalue weighted by Gasteiger charge is -2.49. The first kappa shape index (κ1) is 36.8. The average Bonchev–Trinajstić information content (AvgIpc) is 3.12. The Morgan fingerprint density at radius 3 is 2.14 bits per heavy atom. The molecule has 0 spiro atoms. The SMILES string of the molecule is CCC1O[C@@H](Oc2ccc(C)cc2)C(OC(=O)c2ccccc2)[C@H](OCc2ccccc2)[C@@H]1O[C@@H]1OC(COC(C)=O)[C@@H](C)[C@H](C)C1N=[N+]=[N-]. The van der Waals surface area contributed by atoms with Gasteiger partial charge in [0.15, 0.2) is 12.4 Å². The van der Waals surface area contributed by atoms with Crippen molar-refractivity contribution in [3.63, 3.8) is 0 Å². The number of aryl methyl sites for hydroxylation is 1. The molecule has 0 bridgehead atoms. The molecule has 0 aromatic heterocycles. The van der Waals surface area contributed by atoms with E-state index in [1.54, 1.807) is 24.3 Å². The van der Waals surface area contributed by atoms with E-state index >= 15 is 0 Å². The Morgan fingerprint density at radius 2 is 1.50 bits per heavy atom. The number of carbonyl (C=O) groups is 2. The van der Waals surface area contributed by atoms with Gasteiger partial charge in [0.25, 0.3) is 0 Å². The van der Waals surface area contributed by atoms with Crippen LogP contribution >= 0.6 is 0 Å². The molecule has 0 radical (unpaired) electrons. The van der Waals surface area contributed by atoms with Crippen LogP contribution in [0.4, 0.5) is 0 Å². The maximum Gasteiger partial charge on any atom is 0.338 e. The van der Waals surface area contributed by atoms with Crippen molar-refractivity contribution in [3.05, 3.63) is 112 Å². The number of nitrogens with zero attached hydrogens (tertiary/aromatic N) is 3. The summed E-state index contributed by atoms with van der Waals surface area (Å²) in [5, 5.41) is 4.08. The predicted octanol–water partition coefficient (Wildman–Crippen LogP) is 6.94. The number of rotatable bonds is 13. The summed E-state index contributed by atoms with van der Waals surface area (Å²) in [5.41, 5.74) is 11.8. The molecule has 12 heteroatoms. The molecule has 2 aliphatic rings. The fourth-order valence-electron chi connectivity index (χ4n) is 6.22. The first-order valence-corrected chi connectivity index (χ1v) is 17.0. The molecule has 5 rings (SSSR count). The van der Waals surface area contributed by atoms with Crippen LogP contribution in [0.1, 0.15) is 55.6 Å². The third-order valence-electron chi connectivity index (χ3n) is 9.27. The first-order chi connectivity index (χ1) is 24.2. The highest BCUT2D eigenvalue weighted by Gasteiger charge is 2.53. The molecule has 3 aromatic carbocycles. The molecule has 10 atom stereocenters. The van der Waals surface area contributed by atoms with Gasteiger partial charge < -0.3 is 33.2 Å². The van der Waals surface area contributed by atoms with Gasteiger partial charge in [0, 0.05) is 11.8 Å². The largest absolute Gasteiger partial charge is 0.463 e. The van der Waals surface area contributed by atoms with Crippen molar-refractivity contribution in [2.24, 2.45) is 17.0 Å². The van der Waals surface area contributed by atoms with Gasteiger partial charge in [-0.05, 0) is 60.5 Å². The number of benzene rings is 3. The van der Waals surface area contributed by atoms with Crippen LogP contribution in [0.15, 0.2) is 90.0 Å². The van der Waals surface area contributed by atoms with E-state index in [9.17, 15) is 15.1 Å². The van der Waals surface area contributed by atoms with E-state index in [1.165, 1.54) is 6.92 Å². The van der Waals surface area contributed by atoms with E-state index in [1.807, 2.05) is 88.4 Å². The van der Waals surface area contributed by atoms with E-state index < -0.39 is 61.1 Å². The Hall–Kier alpha value is -4.45. The zero-order valence-electron chi connectivity index (χ0n) is 29.0. The van der Waals surface area contributed by atoms with E-state index in [0.29, 0.717) is 17.7 Å². The highest BCUT2D eigenvalue weighted by molar-refractivity contribution is 5.89. The minimum absolute atomic E-state index is 0.000224. The Labute approximate surface area is 292 Å². The summed E-state index contributed by atoms with van der Waals surface area (Å²) >= 11 is 0. The van der Waals surface area contributed by atoms with Crippen LogP contribution in [-0.4, -0.2) is 67.7 Å². The number of hydrogen-bond donors (Lipinski definition) is 0. The molecule has 3 aromatic rings. The van der Waals surface area contributed by atoms with Crippen molar-refractivity contribution in [3.8, 4) is 5.75 Å². The van der Waals surface area contributed by atoms with Crippen LogP contribution in [-0.2, 0) is 39.8 Å². The lowest BCUT2D eigenvalue weighted by Crippen LogP contribution is -2.64. The predicted molar refractivity (Wildman–Crippen MR) is 183 cm³/mol. The first-order valence-electron chi connectivity index (χ1n) is 17.0. The van der Waals surface area contributed by atoms with Gasteiger partial charge in [0.1, 0.15) is 24.6 Å². The monoisotopic (exact) mass is 687 g/mol. The van der Waals surface area contributed by atoms with Gasteiger partial charge >= 0.3 is 11.9 Å². The molecule has 0 amide bonds. The van der Waals surface area contributed by atoms with E-state index in [4.69, 9.17) is 33.2 Å². The molecule has 12 nitrogen and oxygen atoms in total. The number of carbonyl (C=O) groups excluding carboxylic acids is 2. The second-order valence-electron chi connectivity index (χ2n) is 12.7. The minimum atomic E-state index is -1.12. The lowest BCUT2D eigenvalue weighted by atomic mass is 9.82. The van der Waals surface area contributed by atoms with Gasteiger partial charge in [0.05, 0.1) is 30.4 Å². The van der Waals surface area contributed by atoms with Crippen molar-refractivity contribution < 1.29 is 42.7 Å². The highest BCUT2D eigenvalue weighted by Crippen LogP contribution is 2.38. The van der Waals surface area contributed by atoms with Crippen LogP contribution in [0.3, 0.4) is 0 Å². The van der Waals surface area contributed by atoms with Gasteiger partial charge in [-0.3, -0.25) is 4.79 Å². The van der Waals surface area contributed by atoms with E-state index in [-0.39, 0.29) is 25.0 Å². The maximum absolute atomic E-state index is 13.7. The normalized spacial score (nSPS) is 29.3. The molecule has 2 fully saturated rings. The minimum Gasteiger partial charge on any atom is -0.463 e. The summed E-state index contributed by atoms with van der Waals surface area (Å²) in [7, 11) is 0. The van der Waals surface area contributed by atoms with Gasteiger partial charge in [-0.15, -0.1) is 0 Å². The lowest BCUT2D eigenvalue weighted by molar-refractivity contribution is -0.332. The number of esters is 2. The molecule has 0 aliphatic carbocycles. The van der Waals surface area contributed by atoms with Crippen molar-refractivity contribution in [2.45, 2.75) is 96.8 Å². The Bertz CT molecular complexity index is 1590. The number of ether oxygens (including phenoxy) is 7. The third-order valence-corrected chi connectivity index (χ3v) is 9.27. The number of hydrogen-bond acceptors (Lipinski definition) is 10. The van der Waals surface area contributed by atoms with Crippen molar-refractivity contribution in [1.82, 2.24) is 0 Å². The molecular formula is C38H45N3O9. The summed E-state index contributed by atoms with van der Waals surface area (Å²) in [6.07, 6.45) is -5.79. The number of azide groups is 1. The molecular weight excluding hydrogens is 642 g/mol. The van der Waals surface area contributed by atoms with Gasteiger partial charge in [0.2, 0.25) is 6.29 Å². The van der Waals surface area contributed by atoms with Crippen molar-refractivity contribution in [2.75, 3.05) is 6.61 Å². The summed E-state index contributed by atoms with van der Waals surface area (Å²) in [5.74, 6) is -0.850. The smallest absolute Gasteiger partial charge is 0.338 e. The fourth-order valence-corrected chi connectivity index (χ4v) is 6.22. The zero-order valence-corrected chi connectivity index (χ0v) is 29.0. The second kappa shape index (κ2) is 17.5. The summed E-state index contributed by atoms with van der Waals surface area (Å²) in [4.78, 5) is 28.5. The highest BCUT2D eigenvalue weighted by atomic mass is 16.7. The van der Waals surface area contributed by atoms with Crippen LogP contribution in [0.5, 0.6) is 5.75 Å². The zero-order chi connectivity index (χ0) is 35.6. The van der Waals surface area contributed by atoms with Crippen LogP contribution < -0.4 is 4.74 Å². The third kappa shape index (κ3) is 9.21. The molecule has 50 heavy (non-hydrogen) atoms. The molecule has 2 aliphatic heterocycles. The molecule has 4 unspecified atom stereocenters. The van der Waals surface area contributed by atoms with E-state index in [0.717, 1.165) is 11.1 Å². The van der Waals surface area contributed by atoms with Gasteiger partial charge in [-0.1, -0.05) is 92.1 Å². The Kier molecular flexibility index (Phi) is 12.9. The summed E-state index contributed by atoms with van der Waals surface area (Å²) in [6, 6.07) is 25.0. The average molecular weight is 688 g/mol. The molecule has 0 saturated carbocycles. The standard InChI is InChI=1S/C38H45N3O9/c1-6-30-33(50-37-32(40-41-39)25(4)24(3)31(48-37)22-44-26(5)42)34(45-21-27-13-9-7-10-14-27)35(49-36(43)28-15-11-8-12-16-28)38(47-30)46-29-19-17-23(2)18-20-29/h7-20,24-25,30-35,37-38H,6,21-22H2,1-5H3/t24-,25-,30?,31?,32?,33+,34+,35?,37-,38+/m0/s1. The summed E-state index contributed by atoms with van der Waals surface area (Å²) < 4.78 is 44.3. The quantitative estimate of drug-likeness (QED) is 0.0806. The molecule has 266 valence electrons. The van der Waals surface area contributed by atoms with Crippen LogP contribution in [0.25, 0.3) is 10.4 Å².